The highest BCUT2D eigenvalue weighted by atomic mass is 19.1. The molecule has 1 aromatic carbocycles. The van der Waals surface area contributed by atoms with Crippen LogP contribution >= 0.6 is 0 Å². The lowest BCUT2D eigenvalue weighted by molar-refractivity contribution is 0.615. The second kappa shape index (κ2) is 5.23. The van der Waals surface area contributed by atoms with Crippen LogP contribution in [0, 0.1) is 31.0 Å². The Bertz CT molecular complexity index is 650. The Kier molecular flexibility index (Phi) is 3.66. The van der Waals surface area contributed by atoms with Crippen molar-refractivity contribution in [3.63, 3.8) is 0 Å². The Labute approximate surface area is 112 Å². The van der Waals surface area contributed by atoms with Gasteiger partial charge in [-0.2, -0.15) is 10.4 Å². The molecule has 0 aliphatic rings. The Morgan fingerprint density at radius 2 is 2.11 bits per heavy atom. The smallest absolute Gasteiger partial charge is 0.123 e. The molecule has 0 aliphatic heterocycles. The van der Waals surface area contributed by atoms with Crippen LogP contribution in [0.2, 0.25) is 0 Å². The van der Waals surface area contributed by atoms with E-state index in [0.717, 1.165) is 17.8 Å². The van der Waals surface area contributed by atoms with Gasteiger partial charge in [-0.1, -0.05) is 6.92 Å². The third kappa shape index (κ3) is 2.50. The molecule has 0 amide bonds. The van der Waals surface area contributed by atoms with Crippen molar-refractivity contribution in [3.8, 4) is 6.07 Å². The van der Waals surface area contributed by atoms with Crippen molar-refractivity contribution < 1.29 is 4.39 Å². The minimum absolute atomic E-state index is 0.328. The normalized spacial score (nSPS) is 10.5. The van der Waals surface area contributed by atoms with Crippen molar-refractivity contribution in [2.75, 3.05) is 0 Å². The third-order valence-corrected chi connectivity index (χ3v) is 3.39. The molecule has 0 saturated carbocycles. The van der Waals surface area contributed by atoms with Crippen LogP contribution in [0.5, 0.6) is 0 Å². The van der Waals surface area contributed by atoms with E-state index >= 15 is 0 Å². The number of hydrogen-bond donors (Lipinski definition) is 0. The number of aryl methyl sites for hydroxylation is 1. The number of nitriles is 1. The van der Waals surface area contributed by atoms with Crippen LogP contribution in [-0.2, 0) is 13.0 Å². The molecule has 0 unspecified atom stereocenters. The molecule has 0 fully saturated rings. The number of rotatable bonds is 3. The van der Waals surface area contributed by atoms with Crippen molar-refractivity contribution >= 4 is 0 Å². The summed E-state index contributed by atoms with van der Waals surface area (Å²) in [5, 5.41) is 13.5. The van der Waals surface area contributed by atoms with Gasteiger partial charge in [0, 0.05) is 5.69 Å². The zero-order valence-electron chi connectivity index (χ0n) is 11.4. The molecule has 2 aromatic rings. The molecule has 0 aliphatic carbocycles. The Hall–Kier alpha value is -2.15. The maximum Gasteiger partial charge on any atom is 0.123 e. The molecule has 0 atom stereocenters. The van der Waals surface area contributed by atoms with Crippen molar-refractivity contribution in [1.82, 2.24) is 9.78 Å². The number of halogens is 1. The highest BCUT2D eigenvalue weighted by molar-refractivity contribution is 5.38. The SMILES string of the molecule is CCc1c(C)nn(Cc2cc(F)ccc2C#N)c1C. The molecule has 1 heterocycles. The summed E-state index contributed by atoms with van der Waals surface area (Å²) >= 11 is 0. The summed E-state index contributed by atoms with van der Waals surface area (Å²) in [5.41, 5.74) is 4.45. The van der Waals surface area contributed by atoms with Gasteiger partial charge in [0.1, 0.15) is 5.82 Å². The monoisotopic (exact) mass is 257 g/mol. The fourth-order valence-electron chi connectivity index (χ4n) is 2.36. The average molecular weight is 257 g/mol. The quantitative estimate of drug-likeness (QED) is 0.847. The summed E-state index contributed by atoms with van der Waals surface area (Å²) in [7, 11) is 0. The number of benzene rings is 1. The molecule has 98 valence electrons. The summed E-state index contributed by atoms with van der Waals surface area (Å²) in [4.78, 5) is 0. The topological polar surface area (TPSA) is 41.6 Å². The van der Waals surface area contributed by atoms with Crippen molar-refractivity contribution in [2.45, 2.75) is 33.7 Å². The molecule has 4 heteroatoms. The maximum absolute atomic E-state index is 13.3. The number of hydrogen-bond acceptors (Lipinski definition) is 2. The maximum atomic E-state index is 13.3. The minimum Gasteiger partial charge on any atom is -0.265 e. The van der Waals surface area contributed by atoms with Gasteiger partial charge in [0.15, 0.2) is 0 Å². The largest absolute Gasteiger partial charge is 0.265 e. The van der Waals surface area contributed by atoms with Gasteiger partial charge in [-0.15, -0.1) is 0 Å². The zero-order chi connectivity index (χ0) is 14.0. The van der Waals surface area contributed by atoms with Crippen LogP contribution in [0.25, 0.3) is 0 Å². The van der Waals surface area contributed by atoms with E-state index in [9.17, 15) is 4.39 Å². The van der Waals surface area contributed by atoms with Gasteiger partial charge >= 0.3 is 0 Å². The highest BCUT2D eigenvalue weighted by Crippen LogP contribution is 2.17. The minimum atomic E-state index is -0.328. The van der Waals surface area contributed by atoms with Crippen molar-refractivity contribution in [1.29, 1.82) is 5.26 Å². The van der Waals surface area contributed by atoms with E-state index in [1.165, 1.54) is 23.8 Å². The van der Waals surface area contributed by atoms with Crippen LogP contribution in [-0.4, -0.2) is 9.78 Å². The van der Waals surface area contributed by atoms with E-state index in [-0.39, 0.29) is 5.82 Å². The van der Waals surface area contributed by atoms with Gasteiger partial charge in [0.25, 0.3) is 0 Å². The second-order valence-corrected chi connectivity index (χ2v) is 4.57. The molecule has 3 nitrogen and oxygen atoms in total. The van der Waals surface area contributed by atoms with Crippen molar-refractivity contribution in [3.05, 3.63) is 52.1 Å². The molecule has 0 saturated heterocycles. The van der Waals surface area contributed by atoms with Crippen LogP contribution < -0.4 is 0 Å². The third-order valence-electron chi connectivity index (χ3n) is 3.39. The van der Waals surface area contributed by atoms with Gasteiger partial charge in [-0.25, -0.2) is 4.39 Å². The van der Waals surface area contributed by atoms with Gasteiger partial charge in [0.05, 0.1) is 23.9 Å². The van der Waals surface area contributed by atoms with Gasteiger partial charge < -0.3 is 0 Å². The lowest BCUT2D eigenvalue weighted by Crippen LogP contribution is -2.06. The van der Waals surface area contributed by atoms with E-state index in [1.807, 2.05) is 18.5 Å². The van der Waals surface area contributed by atoms with Gasteiger partial charge in [0.2, 0.25) is 0 Å². The first-order valence-corrected chi connectivity index (χ1v) is 6.28. The van der Waals surface area contributed by atoms with E-state index in [2.05, 4.69) is 18.1 Å². The van der Waals surface area contributed by atoms with Crippen LogP contribution in [0.1, 0.15) is 35.0 Å². The standard InChI is InChI=1S/C15H16FN3/c1-4-15-10(2)18-19(11(15)3)9-13-7-14(16)6-5-12(13)8-17/h5-7H,4,9H2,1-3H3. The molecule has 19 heavy (non-hydrogen) atoms. The second-order valence-electron chi connectivity index (χ2n) is 4.57. The van der Waals surface area contributed by atoms with Crippen LogP contribution in [0.3, 0.4) is 0 Å². The first-order valence-electron chi connectivity index (χ1n) is 6.28. The average Bonchev–Trinajstić information content (AvgIpc) is 2.64. The molecule has 2 rings (SSSR count). The summed E-state index contributed by atoms with van der Waals surface area (Å²) < 4.78 is 15.1. The predicted molar refractivity (Wildman–Crippen MR) is 71.3 cm³/mol. The summed E-state index contributed by atoms with van der Waals surface area (Å²) in [5.74, 6) is -0.328. The molecule has 0 N–H and O–H groups in total. The van der Waals surface area contributed by atoms with E-state index in [1.54, 1.807) is 0 Å². The van der Waals surface area contributed by atoms with E-state index < -0.39 is 0 Å². The first-order chi connectivity index (χ1) is 9.06. The Morgan fingerprint density at radius 3 is 2.68 bits per heavy atom. The molecule has 0 spiro atoms. The van der Waals surface area contributed by atoms with E-state index in [0.29, 0.717) is 17.7 Å². The number of aromatic nitrogens is 2. The van der Waals surface area contributed by atoms with Crippen molar-refractivity contribution in [2.24, 2.45) is 0 Å². The lowest BCUT2D eigenvalue weighted by Gasteiger charge is -2.07. The lowest BCUT2D eigenvalue weighted by atomic mass is 10.1. The van der Waals surface area contributed by atoms with Gasteiger partial charge in [-0.3, -0.25) is 4.68 Å². The van der Waals surface area contributed by atoms with E-state index in [4.69, 9.17) is 5.26 Å². The predicted octanol–water partition coefficient (Wildman–Crippen LogP) is 3.12. The highest BCUT2D eigenvalue weighted by Gasteiger charge is 2.12. The zero-order valence-corrected chi connectivity index (χ0v) is 11.4. The molecule has 1 aromatic heterocycles. The summed E-state index contributed by atoms with van der Waals surface area (Å²) in [6.45, 7) is 6.49. The Balaban J connectivity index is 2.42. The molecular formula is C15H16FN3. The molecular weight excluding hydrogens is 241 g/mol. The molecule has 0 bridgehead atoms. The van der Waals surface area contributed by atoms with Gasteiger partial charge in [-0.05, 0) is 49.6 Å². The summed E-state index contributed by atoms with van der Waals surface area (Å²) in [6, 6.07) is 6.31. The fraction of sp³-hybridized carbons (Fsp3) is 0.333. The fourth-order valence-corrected chi connectivity index (χ4v) is 2.36. The summed E-state index contributed by atoms with van der Waals surface area (Å²) in [6.07, 6.45) is 0.923. The first kappa shape index (κ1) is 13.3. The number of nitrogens with zero attached hydrogens (tertiary/aromatic N) is 3. The molecule has 0 radical (unpaired) electrons. The van der Waals surface area contributed by atoms with Crippen LogP contribution in [0.15, 0.2) is 18.2 Å². The Morgan fingerprint density at radius 1 is 1.37 bits per heavy atom. The van der Waals surface area contributed by atoms with Crippen LogP contribution in [0.4, 0.5) is 4.39 Å².